The Balaban J connectivity index is 0.000000226. The van der Waals surface area contributed by atoms with E-state index in [1.54, 1.807) is 12.1 Å². The van der Waals surface area contributed by atoms with Crippen LogP contribution in [0.5, 0.6) is 0 Å². The molecule has 0 aliphatic heterocycles. The maximum Gasteiger partial charge on any atom is 0.120 e. The number of aryl methyl sites for hydroxylation is 2. The van der Waals surface area contributed by atoms with Gasteiger partial charge in [0.15, 0.2) is 0 Å². The predicted octanol–water partition coefficient (Wildman–Crippen LogP) is 11.3. The van der Waals surface area contributed by atoms with Crippen LogP contribution >= 0.6 is 0 Å². The number of imidazole rings is 1. The number of pyridine rings is 2. The second-order valence-electron chi connectivity index (χ2n) is 12.7. The van der Waals surface area contributed by atoms with Crippen LogP contribution in [0.2, 0.25) is 0 Å². The van der Waals surface area contributed by atoms with Gasteiger partial charge in [-0.3, -0.25) is 14.4 Å². The normalized spacial score (nSPS) is 12.4. The number of aromatic nitrogens is 4. The van der Waals surface area contributed by atoms with Gasteiger partial charge < -0.3 is 14.0 Å². The van der Waals surface area contributed by atoms with E-state index in [-0.39, 0.29) is 31.5 Å². The average molecular weight is 840 g/mol. The molecule has 7 heteroatoms. The van der Waals surface area contributed by atoms with Crippen molar-refractivity contribution in [3.63, 3.8) is 0 Å². The molecule has 4 aromatic carbocycles. The van der Waals surface area contributed by atoms with Crippen molar-refractivity contribution in [3.05, 3.63) is 144 Å². The molecule has 0 saturated heterocycles. The molecule has 0 aliphatic rings. The number of nitrogens with zero attached hydrogens (tertiary/aromatic N) is 4. The molecule has 0 atom stereocenters. The number of rotatable bonds is 5. The van der Waals surface area contributed by atoms with Gasteiger partial charge >= 0.3 is 0 Å². The Morgan fingerprint density at radius 2 is 1.62 bits per heavy atom. The Bertz CT molecular complexity index is 2510. The predicted molar refractivity (Wildman–Crippen MR) is 197 cm³/mol. The third-order valence-corrected chi connectivity index (χ3v) is 8.62. The van der Waals surface area contributed by atoms with Gasteiger partial charge in [0.25, 0.3) is 0 Å². The van der Waals surface area contributed by atoms with E-state index < -0.39 is 6.85 Å². The summed E-state index contributed by atoms with van der Waals surface area (Å²) in [6.45, 7) is 8.88. The molecule has 5 nitrogen and oxygen atoms in total. The first kappa shape index (κ1) is 31.0. The number of fused-ring (bicyclic) bond motifs is 4. The van der Waals surface area contributed by atoms with E-state index >= 15 is 0 Å². The molecule has 0 N–H and O–H groups in total. The van der Waals surface area contributed by atoms with Crippen LogP contribution in [-0.2, 0) is 20.1 Å². The smallest absolute Gasteiger partial charge is 0.120 e. The van der Waals surface area contributed by atoms with E-state index in [1.807, 2.05) is 37.4 Å². The van der Waals surface area contributed by atoms with Crippen molar-refractivity contribution in [3.8, 4) is 28.3 Å². The van der Waals surface area contributed by atoms with Gasteiger partial charge in [0.2, 0.25) is 0 Å². The Hall–Kier alpha value is -4.97. The SMILES string of the molecule is Cc1cc2c(cn1)nc(-c1[c-]ccc3c1oc1ccccc13)n2-c1c(C(C)C)cccc1C(C)C.[2H]C([2H])([2H])c1ccc(-c2[c-]cc(F)cc2)nc1.[Ir]. The number of furan rings is 1. The Morgan fingerprint density at radius 1 is 0.840 bits per heavy atom. The Labute approximate surface area is 309 Å². The van der Waals surface area contributed by atoms with Crippen LogP contribution in [0.25, 0.3) is 61.3 Å². The van der Waals surface area contributed by atoms with Crippen LogP contribution in [0.15, 0.2) is 108 Å². The van der Waals surface area contributed by atoms with Crippen LogP contribution < -0.4 is 0 Å². The first-order chi connectivity index (χ1) is 24.9. The number of para-hydroxylation sites is 2. The van der Waals surface area contributed by atoms with Crippen LogP contribution in [-0.4, -0.2) is 19.5 Å². The fraction of sp³-hybridized carbons (Fsp3) is 0.186. The zero-order chi connectivity index (χ0) is 36.7. The maximum absolute atomic E-state index is 12.7. The molecule has 1 radical (unpaired) electrons. The molecule has 0 amide bonds. The third kappa shape index (κ3) is 6.64. The first-order valence-corrected chi connectivity index (χ1v) is 16.4. The van der Waals surface area contributed by atoms with Crippen molar-refractivity contribution in [1.82, 2.24) is 19.5 Å². The monoisotopic (exact) mass is 840 g/mol. The van der Waals surface area contributed by atoms with Crippen molar-refractivity contribution in [1.29, 1.82) is 0 Å². The van der Waals surface area contributed by atoms with Gasteiger partial charge in [0.1, 0.15) is 5.58 Å². The summed E-state index contributed by atoms with van der Waals surface area (Å²) in [6, 6.07) is 34.4. The zero-order valence-electron chi connectivity index (χ0n) is 31.4. The molecular weight excluding hydrogens is 800 g/mol. The molecule has 50 heavy (non-hydrogen) atoms. The Kier molecular flexibility index (Phi) is 8.99. The molecule has 8 aromatic rings. The molecule has 8 rings (SSSR count). The fourth-order valence-electron chi connectivity index (χ4n) is 6.22. The summed E-state index contributed by atoms with van der Waals surface area (Å²) in [4.78, 5) is 13.7. The minimum atomic E-state index is -2.15. The topological polar surface area (TPSA) is 56.7 Å². The van der Waals surface area contributed by atoms with Crippen LogP contribution in [0.3, 0.4) is 0 Å². The van der Waals surface area contributed by atoms with Crippen LogP contribution in [0, 0.1) is 31.7 Å². The molecule has 0 unspecified atom stereocenters. The van der Waals surface area contributed by atoms with Gasteiger partial charge in [-0.2, -0.15) is 0 Å². The minimum Gasteiger partial charge on any atom is -0.501 e. The van der Waals surface area contributed by atoms with Gasteiger partial charge in [-0.05, 0) is 60.1 Å². The number of benzene rings is 4. The second kappa shape index (κ2) is 14.5. The van der Waals surface area contributed by atoms with Gasteiger partial charge in [0.05, 0.1) is 28.6 Å². The summed E-state index contributed by atoms with van der Waals surface area (Å²) in [5.74, 6) is 1.16. The third-order valence-electron chi connectivity index (χ3n) is 8.62. The van der Waals surface area contributed by atoms with E-state index in [2.05, 4.69) is 90.8 Å². The molecule has 4 aromatic heterocycles. The molecular formula is C43H37FIrN4O-2. The van der Waals surface area contributed by atoms with Crippen LogP contribution in [0.4, 0.5) is 4.39 Å². The molecule has 0 aliphatic carbocycles. The Morgan fingerprint density at radius 3 is 2.30 bits per heavy atom. The second-order valence-corrected chi connectivity index (χ2v) is 12.7. The first-order valence-electron chi connectivity index (χ1n) is 17.9. The summed E-state index contributed by atoms with van der Waals surface area (Å²) in [5, 5.41) is 2.17. The van der Waals surface area contributed by atoms with Gasteiger partial charge in [-0.25, -0.2) is 0 Å². The average Bonchev–Trinajstić information content (AvgIpc) is 3.70. The van der Waals surface area contributed by atoms with E-state index in [9.17, 15) is 4.39 Å². The molecule has 0 spiro atoms. The molecule has 0 saturated carbocycles. The van der Waals surface area contributed by atoms with Crippen LogP contribution in [0.1, 0.15) is 66.0 Å². The van der Waals surface area contributed by atoms with E-state index in [0.717, 1.165) is 50.1 Å². The van der Waals surface area contributed by atoms with Crippen molar-refractivity contribution < 1.29 is 33.0 Å². The number of hydrogen-bond acceptors (Lipinski definition) is 4. The maximum atomic E-state index is 12.7. The van der Waals surface area contributed by atoms with Crippen molar-refractivity contribution in [2.45, 2.75) is 53.3 Å². The van der Waals surface area contributed by atoms with Gasteiger partial charge in [0, 0.05) is 53.0 Å². The molecule has 0 bridgehead atoms. The van der Waals surface area contributed by atoms with Gasteiger partial charge in [-0.1, -0.05) is 87.2 Å². The van der Waals surface area contributed by atoms with Gasteiger partial charge in [-0.15, -0.1) is 48.0 Å². The molecule has 4 heterocycles. The van der Waals surface area contributed by atoms with E-state index in [1.165, 1.54) is 41.2 Å². The summed E-state index contributed by atoms with van der Waals surface area (Å²) in [6.07, 6.45) is 3.18. The largest absolute Gasteiger partial charge is 0.501 e. The summed E-state index contributed by atoms with van der Waals surface area (Å²) in [5.41, 5.74) is 10.6. The standard InChI is InChI=1S/C31H28N3O.C12H9FN.Ir/c1-18(2)21-11-8-12-22(19(3)4)29(21)34-27-16-20(5)32-17-26(27)33-31(34)25-14-9-13-24-23-10-6-7-15-28(23)35-30(24)25;1-9-2-7-12(14-8-9)10-3-5-11(13)6-4-10;/h6-13,15-19H,1-5H3;2-3,5-8H,1H3;/q2*-1;/i;1D3;. The molecule has 253 valence electrons. The fourth-order valence-corrected chi connectivity index (χ4v) is 6.22. The van der Waals surface area contributed by atoms with E-state index in [0.29, 0.717) is 23.1 Å². The number of halogens is 1. The summed E-state index contributed by atoms with van der Waals surface area (Å²) >= 11 is 0. The van der Waals surface area contributed by atoms with Crippen molar-refractivity contribution >= 4 is 33.0 Å². The molecule has 0 fully saturated rings. The minimum absolute atomic E-state index is 0. The quantitative estimate of drug-likeness (QED) is 0.162. The van der Waals surface area contributed by atoms with Crippen molar-refractivity contribution in [2.75, 3.05) is 0 Å². The summed E-state index contributed by atoms with van der Waals surface area (Å²) in [7, 11) is 0. The summed E-state index contributed by atoms with van der Waals surface area (Å²) < 4.78 is 43.0. The zero-order valence-corrected chi connectivity index (χ0v) is 30.8. The number of hydrogen-bond donors (Lipinski definition) is 0. The van der Waals surface area contributed by atoms with E-state index in [4.69, 9.17) is 13.5 Å². The van der Waals surface area contributed by atoms with Crippen molar-refractivity contribution in [2.24, 2.45) is 0 Å².